The molecule has 17 heavy (non-hydrogen) atoms. The predicted octanol–water partition coefficient (Wildman–Crippen LogP) is 2.58. The van der Waals surface area contributed by atoms with Gasteiger partial charge in [0.15, 0.2) is 0 Å². The van der Waals surface area contributed by atoms with E-state index in [0.717, 1.165) is 10.6 Å². The van der Waals surface area contributed by atoms with Crippen LogP contribution in [0.15, 0.2) is 12.1 Å². The molecule has 0 aliphatic carbocycles. The van der Waals surface area contributed by atoms with Crippen LogP contribution in [0.2, 0.25) is 0 Å². The van der Waals surface area contributed by atoms with Gasteiger partial charge in [0.1, 0.15) is 0 Å². The fourth-order valence-electron chi connectivity index (χ4n) is 1.70. The number of nitrogens with one attached hydrogen (secondary N) is 1. The summed E-state index contributed by atoms with van der Waals surface area (Å²) in [6, 6.07) is 4.22. The quantitative estimate of drug-likeness (QED) is 0.661. The Kier molecular flexibility index (Phi) is 3.88. The summed E-state index contributed by atoms with van der Waals surface area (Å²) in [6.07, 6.45) is 0. The van der Waals surface area contributed by atoms with Gasteiger partial charge in [-0.3, -0.25) is 5.84 Å². The molecule has 0 spiro atoms. The van der Waals surface area contributed by atoms with Crippen LogP contribution in [0, 0.1) is 6.92 Å². The second-order valence-electron chi connectivity index (χ2n) is 4.23. The van der Waals surface area contributed by atoms with Crippen LogP contribution < -0.4 is 11.3 Å². The van der Waals surface area contributed by atoms with Gasteiger partial charge in [0.25, 0.3) is 0 Å². The van der Waals surface area contributed by atoms with E-state index < -0.39 is 0 Å². The molecule has 0 saturated heterocycles. The van der Waals surface area contributed by atoms with Crippen LogP contribution in [0.3, 0.4) is 0 Å². The third-order valence-electron chi connectivity index (χ3n) is 2.56. The highest BCUT2D eigenvalue weighted by Gasteiger charge is 2.22. The lowest BCUT2D eigenvalue weighted by atomic mass is 10.1. The van der Waals surface area contributed by atoms with Crippen molar-refractivity contribution < 1.29 is 0 Å². The minimum atomic E-state index is 0.00565. The Balaban J connectivity index is 2.38. The minimum absolute atomic E-state index is 0.00565. The van der Waals surface area contributed by atoms with Crippen molar-refractivity contribution in [3.63, 3.8) is 0 Å². The highest BCUT2D eigenvalue weighted by molar-refractivity contribution is 7.12. The Morgan fingerprint density at radius 2 is 2.12 bits per heavy atom. The van der Waals surface area contributed by atoms with Gasteiger partial charge in [-0.15, -0.1) is 16.4 Å². The Morgan fingerprint density at radius 1 is 1.35 bits per heavy atom. The summed E-state index contributed by atoms with van der Waals surface area (Å²) in [7, 11) is 0. The minimum Gasteiger partial charge on any atom is -0.271 e. The molecule has 0 aromatic carbocycles. The number of nitrogens with zero attached hydrogens (tertiary/aromatic N) is 2. The summed E-state index contributed by atoms with van der Waals surface area (Å²) in [5, 5.41) is 4.19. The molecule has 0 amide bonds. The van der Waals surface area contributed by atoms with Crippen LogP contribution >= 0.6 is 22.9 Å². The third kappa shape index (κ3) is 2.55. The Hall–Kier alpha value is -0.820. The molecule has 0 aliphatic rings. The van der Waals surface area contributed by atoms with Crippen LogP contribution in [0.25, 0.3) is 0 Å². The average Bonchev–Trinajstić information content (AvgIpc) is 2.89. The second kappa shape index (κ2) is 5.22. The molecule has 2 rings (SSSR count). The SMILES string of the molecule is Cc1ccc(C(NN)c2snnc2C(C)C)s1. The maximum Gasteiger partial charge on any atom is 0.0929 e. The van der Waals surface area contributed by atoms with Gasteiger partial charge in [-0.1, -0.05) is 18.3 Å². The number of hydrazine groups is 1. The van der Waals surface area contributed by atoms with Crippen molar-refractivity contribution in [3.05, 3.63) is 32.5 Å². The molecule has 92 valence electrons. The highest BCUT2D eigenvalue weighted by Crippen LogP contribution is 2.33. The molecule has 0 aliphatic heterocycles. The predicted molar refractivity (Wildman–Crippen MR) is 72.2 cm³/mol. The maximum atomic E-state index is 5.68. The molecule has 0 saturated carbocycles. The molecule has 2 aromatic heterocycles. The van der Waals surface area contributed by atoms with E-state index in [1.165, 1.54) is 21.3 Å². The van der Waals surface area contributed by atoms with Gasteiger partial charge in [-0.05, 0) is 36.5 Å². The number of aryl methyl sites for hydroxylation is 1. The zero-order chi connectivity index (χ0) is 12.4. The molecule has 2 aromatic rings. The van der Waals surface area contributed by atoms with Crippen molar-refractivity contribution >= 4 is 22.9 Å². The van der Waals surface area contributed by atoms with Crippen molar-refractivity contribution in [1.29, 1.82) is 0 Å². The van der Waals surface area contributed by atoms with Crippen molar-refractivity contribution in [3.8, 4) is 0 Å². The zero-order valence-corrected chi connectivity index (χ0v) is 11.7. The first-order valence-electron chi connectivity index (χ1n) is 5.48. The lowest BCUT2D eigenvalue weighted by molar-refractivity contribution is 0.640. The highest BCUT2D eigenvalue weighted by atomic mass is 32.1. The normalized spacial score (nSPS) is 13.2. The average molecular weight is 268 g/mol. The van der Waals surface area contributed by atoms with E-state index in [0.29, 0.717) is 5.92 Å². The van der Waals surface area contributed by atoms with Crippen LogP contribution in [0.4, 0.5) is 0 Å². The van der Waals surface area contributed by atoms with Crippen LogP contribution in [-0.2, 0) is 0 Å². The van der Waals surface area contributed by atoms with E-state index in [2.05, 4.69) is 47.9 Å². The smallest absolute Gasteiger partial charge is 0.0929 e. The van der Waals surface area contributed by atoms with Gasteiger partial charge < -0.3 is 0 Å². The second-order valence-corrected chi connectivity index (χ2v) is 6.33. The summed E-state index contributed by atoms with van der Waals surface area (Å²) < 4.78 is 4.05. The first-order valence-corrected chi connectivity index (χ1v) is 7.07. The number of hydrogen-bond acceptors (Lipinski definition) is 6. The van der Waals surface area contributed by atoms with Crippen molar-refractivity contribution in [2.24, 2.45) is 5.84 Å². The van der Waals surface area contributed by atoms with Gasteiger partial charge in [-0.2, -0.15) is 0 Å². The number of hydrogen-bond donors (Lipinski definition) is 2. The van der Waals surface area contributed by atoms with Gasteiger partial charge >= 0.3 is 0 Å². The van der Waals surface area contributed by atoms with Crippen molar-refractivity contribution in [2.75, 3.05) is 0 Å². The zero-order valence-electron chi connectivity index (χ0n) is 10.1. The van der Waals surface area contributed by atoms with Crippen LogP contribution in [-0.4, -0.2) is 9.59 Å². The molecule has 2 heterocycles. The maximum absolute atomic E-state index is 5.68. The number of nitrogens with two attached hydrogens (primary N) is 1. The van der Waals surface area contributed by atoms with E-state index in [9.17, 15) is 0 Å². The third-order valence-corrected chi connectivity index (χ3v) is 4.43. The summed E-state index contributed by atoms with van der Waals surface area (Å²) in [5.74, 6) is 6.04. The number of aromatic nitrogens is 2. The van der Waals surface area contributed by atoms with Crippen LogP contribution in [0.1, 0.15) is 46.1 Å². The lowest BCUT2D eigenvalue weighted by Gasteiger charge is -2.14. The first kappa shape index (κ1) is 12.6. The van der Waals surface area contributed by atoms with E-state index in [4.69, 9.17) is 5.84 Å². The first-order chi connectivity index (χ1) is 8.13. The van der Waals surface area contributed by atoms with Gasteiger partial charge in [0, 0.05) is 9.75 Å². The Labute approximate surface area is 109 Å². The molecular formula is C11H16N4S2. The van der Waals surface area contributed by atoms with Gasteiger partial charge in [-0.25, -0.2) is 5.43 Å². The summed E-state index contributed by atoms with van der Waals surface area (Å²) >= 11 is 3.17. The summed E-state index contributed by atoms with van der Waals surface area (Å²) in [4.78, 5) is 3.60. The molecule has 6 heteroatoms. The molecule has 1 unspecified atom stereocenters. The topological polar surface area (TPSA) is 63.8 Å². The molecule has 1 atom stereocenters. The van der Waals surface area contributed by atoms with Crippen molar-refractivity contribution in [1.82, 2.24) is 15.0 Å². The monoisotopic (exact) mass is 268 g/mol. The molecule has 4 nitrogen and oxygen atoms in total. The van der Waals surface area contributed by atoms with E-state index in [1.807, 2.05) is 0 Å². The molecule has 0 radical (unpaired) electrons. The van der Waals surface area contributed by atoms with Crippen LogP contribution in [0.5, 0.6) is 0 Å². The summed E-state index contributed by atoms with van der Waals surface area (Å²) in [5.41, 5.74) is 3.90. The van der Waals surface area contributed by atoms with E-state index in [-0.39, 0.29) is 6.04 Å². The largest absolute Gasteiger partial charge is 0.271 e. The molecule has 3 N–H and O–H groups in total. The Bertz CT molecular complexity index is 489. The number of thiophene rings is 1. The Morgan fingerprint density at radius 3 is 2.65 bits per heavy atom. The standard InChI is InChI=1S/C11H16N4S2/c1-6(2)9-11(17-15-14-9)10(13-12)8-5-4-7(3)16-8/h4-6,10,13H,12H2,1-3H3. The molecule has 0 fully saturated rings. The molecular weight excluding hydrogens is 252 g/mol. The fraction of sp³-hybridized carbons (Fsp3) is 0.455. The van der Waals surface area contributed by atoms with E-state index in [1.54, 1.807) is 11.3 Å². The van der Waals surface area contributed by atoms with E-state index >= 15 is 0 Å². The number of rotatable bonds is 4. The molecule has 0 bridgehead atoms. The summed E-state index contributed by atoms with van der Waals surface area (Å²) in [6.45, 7) is 6.33. The van der Waals surface area contributed by atoms with Gasteiger partial charge in [0.05, 0.1) is 16.6 Å². The lowest BCUT2D eigenvalue weighted by Crippen LogP contribution is -2.28. The fourth-order valence-corrected chi connectivity index (χ4v) is 3.61. The van der Waals surface area contributed by atoms with Gasteiger partial charge in [0.2, 0.25) is 0 Å². The van der Waals surface area contributed by atoms with Crippen molar-refractivity contribution in [2.45, 2.75) is 32.7 Å².